The van der Waals surface area contributed by atoms with Crippen molar-refractivity contribution >= 4 is 35.1 Å². The van der Waals surface area contributed by atoms with Crippen molar-refractivity contribution in [3.05, 3.63) is 101 Å². The molecule has 1 aliphatic rings. The average molecular weight is 473 g/mol. The number of carbonyl (C=O) groups excluding carboxylic acids is 3. The van der Waals surface area contributed by atoms with E-state index >= 15 is 0 Å². The van der Waals surface area contributed by atoms with E-state index in [1.54, 1.807) is 49.4 Å². The Hall–Kier alpha value is -4.15. The molecule has 0 saturated carbocycles. The van der Waals surface area contributed by atoms with E-state index in [4.69, 9.17) is 11.6 Å². The van der Waals surface area contributed by atoms with Crippen LogP contribution in [0.1, 0.15) is 29.5 Å². The summed E-state index contributed by atoms with van der Waals surface area (Å²) in [6.07, 6.45) is 0. The average Bonchev–Trinajstić information content (AvgIpc) is 3.06. The summed E-state index contributed by atoms with van der Waals surface area (Å²) in [5.41, 5.74) is 1.20. The monoisotopic (exact) mass is 472 g/mol. The van der Waals surface area contributed by atoms with Crippen molar-refractivity contribution in [2.75, 3.05) is 11.9 Å². The maximum atomic E-state index is 13.0. The molecule has 0 aromatic heterocycles. The molecule has 7 nitrogen and oxygen atoms in total. The molecule has 0 radical (unpaired) electrons. The third-order valence-electron chi connectivity index (χ3n) is 5.79. The number of rotatable bonds is 6. The maximum absolute atomic E-state index is 13.0. The van der Waals surface area contributed by atoms with Crippen LogP contribution in [-0.4, -0.2) is 29.3 Å². The number of nitrogens with one attached hydrogen (secondary N) is 2. The quantitative estimate of drug-likeness (QED) is 0.519. The number of amides is 4. The Morgan fingerprint density at radius 1 is 1.09 bits per heavy atom. The van der Waals surface area contributed by atoms with Crippen LogP contribution in [0, 0.1) is 11.3 Å². The summed E-state index contributed by atoms with van der Waals surface area (Å²) >= 11 is 6.43. The molecule has 34 heavy (non-hydrogen) atoms. The largest absolute Gasteiger partial charge is 0.325 e. The number of hydrogen-bond donors (Lipinski definition) is 2. The van der Waals surface area contributed by atoms with Crippen LogP contribution in [0.3, 0.4) is 0 Å². The van der Waals surface area contributed by atoms with Gasteiger partial charge in [-0.2, -0.15) is 5.26 Å². The molecule has 2 N–H and O–H groups in total. The lowest BCUT2D eigenvalue weighted by Crippen LogP contribution is -2.42. The van der Waals surface area contributed by atoms with Gasteiger partial charge in [-0.15, -0.1) is 0 Å². The second-order valence-electron chi connectivity index (χ2n) is 8.07. The summed E-state index contributed by atoms with van der Waals surface area (Å²) in [5, 5.41) is 15.3. The summed E-state index contributed by atoms with van der Waals surface area (Å²) in [6.45, 7) is 1.16. The van der Waals surface area contributed by atoms with Gasteiger partial charge in [-0.3, -0.25) is 14.5 Å². The summed E-state index contributed by atoms with van der Waals surface area (Å²) in [4.78, 5) is 39.0. The molecule has 2 atom stereocenters. The maximum Gasteiger partial charge on any atom is 0.325 e. The van der Waals surface area contributed by atoms with Crippen LogP contribution in [0.5, 0.6) is 0 Å². The molecule has 1 fully saturated rings. The van der Waals surface area contributed by atoms with E-state index in [2.05, 4.69) is 16.7 Å². The van der Waals surface area contributed by atoms with Crippen LogP contribution >= 0.6 is 11.6 Å². The fourth-order valence-corrected chi connectivity index (χ4v) is 4.25. The van der Waals surface area contributed by atoms with Crippen molar-refractivity contribution in [2.24, 2.45) is 0 Å². The Labute approximate surface area is 201 Å². The molecule has 4 rings (SSSR count). The first-order valence-corrected chi connectivity index (χ1v) is 10.9. The minimum Gasteiger partial charge on any atom is -0.324 e. The summed E-state index contributed by atoms with van der Waals surface area (Å²) in [7, 11) is 0. The number of hydrogen-bond acceptors (Lipinski definition) is 4. The van der Waals surface area contributed by atoms with Gasteiger partial charge >= 0.3 is 6.03 Å². The smallest absolute Gasteiger partial charge is 0.324 e. The molecule has 1 heterocycles. The van der Waals surface area contributed by atoms with E-state index in [9.17, 15) is 19.6 Å². The molecule has 4 amide bonds. The van der Waals surface area contributed by atoms with Gasteiger partial charge in [-0.25, -0.2) is 4.79 Å². The Bertz CT molecular complexity index is 1290. The zero-order chi connectivity index (χ0) is 24.3. The topological polar surface area (TPSA) is 102 Å². The molecular weight excluding hydrogens is 452 g/mol. The highest BCUT2D eigenvalue weighted by molar-refractivity contribution is 6.31. The van der Waals surface area contributed by atoms with Gasteiger partial charge in [-0.05, 0) is 35.7 Å². The predicted octanol–water partition coefficient (Wildman–Crippen LogP) is 4.40. The normalized spacial score (nSPS) is 18.2. The lowest BCUT2D eigenvalue weighted by molar-refractivity contribution is -0.133. The minimum absolute atomic E-state index is 0.319. The predicted molar refractivity (Wildman–Crippen MR) is 128 cm³/mol. The fraction of sp³-hybridized carbons (Fsp3) is 0.154. The van der Waals surface area contributed by atoms with E-state index in [0.29, 0.717) is 21.8 Å². The number of carbonyl (C=O) groups is 3. The molecule has 2 unspecified atom stereocenters. The summed E-state index contributed by atoms with van der Waals surface area (Å²) in [5.74, 6) is -1.61. The van der Waals surface area contributed by atoms with Crippen LogP contribution in [0.15, 0.2) is 78.9 Å². The van der Waals surface area contributed by atoms with Gasteiger partial charge in [0.05, 0.1) is 12.0 Å². The van der Waals surface area contributed by atoms with Crippen LogP contribution < -0.4 is 10.6 Å². The molecule has 1 aliphatic heterocycles. The first-order chi connectivity index (χ1) is 16.3. The molecule has 170 valence electrons. The molecule has 3 aromatic rings. The highest BCUT2D eigenvalue weighted by Gasteiger charge is 2.49. The molecule has 3 aromatic carbocycles. The lowest BCUT2D eigenvalue weighted by Gasteiger charge is -2.22. The van der Waals surface area contributed by atoms with Gasteiger partial charge in [0.2, 0.25) is 5.91 Å². The number of imide groups is 1. The van der Waals surface area contributed by atoms with Crippen molar-refractivity contribution < 1.29 is 14.4 Å². The lowest BCUT2D eigenvalue weighted by atomic mass is 9.92. The number of anilines is 1. The number of nitrogens with zero attached hydrogens (tertiary/aromatic N) is 2. The van der Waals surface area contributed by atoms with Gasteiger partial charge in [0, 0.05) is 10.7 Å². The SMILES string of the molecule is CC1(c2ccccc2)NC(=O)N(CC(=O)Nc2ccc(C(C#N)c3ccccc3)c(Cl)c2)C1=O. The molecule has 8 heteroatoms. The zero-order valence-electron chi connectivity index (χ0n) is 18.3. The first-order valence-electron chi connectivity index (χ1n) is 10.6. The van der Waals surface area contributed by atoms with Crippen molar-refractivity contribution in [2.45, 2.75) is 18.4 Å². The molecule has 0 aliphatic carbocycles. The van der Waals surface area contributed by atoms with Crippen molar-refractivity contribution in [1.82, 2.24) is 10.2 Å². The van der Waals surface area contributed by atoms with Crippen LogP contribution in [-0.2, 0) is 15.1 Å². The van der Waals surface area contributed by atoms with Gasteiger partial charge in [0.25, 0.3) is 5.91 Å². The van der Waals surface area contributed by atoms with E-state index in [0.717, 1.165) is 10.5 Å². The van der Waals surface area contributed by atoms with Crippen LogP contribution in [0.4, 0.5) is 10.5 Å². The molecular formula is C26H21ClN4O3. The van der Waals surface area contributed by atoms with Gasteiger partial charge in [0.15, 0.2) is 0 Å². The zero-order valence-corrected chi connectivity index (χ0v) is 19.0. The third kappa shape index (κ3) is 4.36. The number of nitriles is 1. The Morgan fingerprint density at radius 3 is 2.35 bits per heavy atom. The Morgan fingerprint density at radius 2 is 1.74 bits per heavy atom. The van der Waals surface area contributed by atoms with Crippen molar-refractivity contribution in [1.29, 1.82) is 5.26 Å². The molecule has 0 spiro atoms. The summed E-state index contributed by atoms with van der Waals surface area (Å²) in [6, 6.07) is 24.6. The van der Waals surface area contributed by atoms with Crippen LogP contribution in [0.25, 0.3) is 0 Å². The second-order valence-corrected chi connectivity index (χ2v) is 8.48. The third-order valence-corrected chi connectivity index (χ3v) is 6.11. The number of urea groups is 1. The van der Waals surface area contributed by atoms with Gasteiger partial charge in [0.1, 0.15) is 12.1 Å². The minimum atomic E-state index is -1.24. The number of halogens is 1. The highest BCUT2D eigenvalue weighted by Crippen LogP contribution is 2.32. The van der Waals surface area contributed by atoms with E-state index in [-0.39, 0.29) is 0 Å². The van der Waals surface area contributed by atoms with Crippen LogP contribution in [0.2, 0.25) is 5.02 Å². The Balaban J connectivity index is 1.46. The first kappa shape index (κ1) is 23.0. The highest BCUT2D eigenvalue weighted by atomic mass is 35.5. The van der Waals surface area contributed by atoms with Gasteiger partial charge < -0.3 is 10.6 Å². The second kappa shape index (κ2) is 9.38. The van der Waals surface area contributed by atoms with Crippen molar-refractivity contribution in [3.63, 3.8) is 0 Å². The van der Waals surface area contributed by atoms with E-state index in [1.165, 1.54) is 0 Å². The van der Waals surface area contributed by atoms with Crippen molar-refractivity contribution in [3.8, 4) is 6.07 Å². The standard InChI is InChI=1S/C26H21ClN4O3/c1-26(18-10-6-3-7-11-18)24(33)31(25(34)30-26)16-23(32)29-19-12-13-20(22(27)14-19)21(15-28)17-8-4-2-5-9-17/h2-14,21H,16H2,1H3,(H,29,32)(H,30,34). The summed E-state index contributed by atoms with van der Waals surface area (Å²) < 4.78 is 0. The Kier molecular flexibility index (Phi) is 6.35. The molecule has 1 saturated heterocycles. The fourth-order valence-electron chi connectivity index (χ4n) is 3.96. The van der Waals surface area contributed by atoms with E-state index in [1.807, 2.05) is 36.4 Å². The molecule has 0 bridgehead atoms. The van der Waals surface area contributed by atoms with E-state index < -0.39 is 35.8 Å². The van der Waals surface area contributed by atoms with Gasteiger partial charge in [-0.1, -0.05) is 78.3 Å². The number of benzene rings is 3.